The van der Waals surface area contributed by atoms with Crippen LogP contribution in [0.2, 0.25) is 0 Å². The molecule has 1 heterocycles. The molecule has 0 spiro atoms. The molecular formula is C16H32N2. The van der Waals surface area contributed by atoms with Crippen molar-refractivity contribution < 1.29 is 4.90 Å². The van der Waals surface area contributed by atoms with Gasteiger partial charge in [-0.1, -0.05) is 46.0 Å². The largest absolute Gasteiger partial charge is 0.512 e. The lowest BCUT2D eigenvalue weighted by atomic mass is 9.94. The molecule has 2 nitrogen and oxygen atoms in total. The van der Waals surface area contributed by atoms with Crippen molar-refractivity contribution in [1.82, 2.24) is 0 Å². The van der Waals surface area contributed by atoms with E-state index in [-0.39, 0.29) is 0 Å². The Labute approximate surface area is 114 Å². The van der Waals surface area contributed by atoms with Gasteiger partial charge in [0.25, 0.3) is 0 Å². The third kappa shape index (κ3) is 8.53. The summed E-state index contributed by atoms with van der Waals surface area (Å²) >= 11 is 0. The predicted molar refractivity (Wildman–Crippen MR) is 76.9 cm³/mol. The van der Waals surface area contributed by atoms with E-state index in [9.17, 15) is 0 Å². The highest BCUT2D eigenvalue weighted by molar-refractivity contribution is 4.59. The van der Waals surface area contributed by atoms with E-state index in [1.807, 2.05) is 4.90 Å². The van der Waals surface area contributed by atoms with Gasteiger partial charge in [0, 0.05) is 0 Å². The molecule has 0 aromatic heterocycles. The molecule has 1 rings (SSSR count). The molecule has 1 saturated heterocycles. The van der Waals surface area contributed by atoms with E-state index in [0.717, 1.165) is 5.92 Å². The molecule has 106 valence electrons. The fourth-order valence-corrected chi connectivity index (χ4v) is 2.90. The van der Waals surface area contributed by atoms with Gasteiger partial charge in [-0.2, -0.15) is 0 Å². The molecule has 1 N–H and O–H groups in total. The minimum atomic E-state index is 1.05. The summed E-state index contributed by atoms with van der Waals surface area (Å²) in [5, 5.41) is 6.25. The third-order valence-electron chi connectivity index (χ3n) is 4.27. The quantitative estimate of drug-likeness (QED) is 0.522. The highest BCUT2D eigenvalue weighted by Gasteiger charge is 2.19. The van der Waals surface area contributed by atoms with Crippen LogP contribution in [-0.2, 0) is 0 Å². The van der Waals surface area contributed by atoms with E-state index in [1.54, 1.807) is 0 Å². The summed E-state index contributed by atoms with van der Waals surface area (Å²) in [6, 6.07) is 0. The van der Waals surface area contributed by atoms with Crippen molar-refractivity contribution in [3.8, 4) is 0 Å². The minimum absolute atomic E-state index is 1.05. The molecule has 2 heteroatoms. The van der Waals surface area contributed by atoms with E-state index in [2.05, 4.69) is 13.8 Å². The van der Waals surface area contributed by atoms with Crippen molar-refractivity contribution in [2.75, 3.05) is 19.6 Å². The second-order valence-electron chi connectivity index (χ2n) is 5.62. The Morgan fingerprint density at radius 2 is 1.50 bits per heavy atom. The van der Waals surface area contributed by atoms with Crippen molar-refractivity contribution in [3.05, 3.63) is 6.57 Å². The molecule has 18 heavy (non-hydrogen) atoms. The second-order valence-corrected chi connectivity index (χ2v) is 5.62. The summed E-state index contributed by atoms with van der Waals surface area (Å²) in [5.74, 6) is 1.05. The van der Waals surface area contributed by atoms with Crippen molar-refractivity contribution in [1.29, 1.82) is 5.26 Å². The van der Waals surface area contributed by atoms with Crippen LogP contribution in [-0.4, -0.2) is 19.6 Å². The topological polar surface area (TPSA) is 28.2 Å². The molecule has 0 radical (unpaired) electrons. The summed E-state index contributed by atoms with van der Waals surface area (Å²) in [6.07, 6.45) is 13.1. The standard InChI is InChI=1S/C15H31N.CN/c1-3-5-6-7-8-9-12-16-13-10-15(4-2)11-14-16;1-2/h15H,3-14H2,1-2H3;/q;-1/p+1. The maximum absolute atomic E-state index is 6.25. The zero-order valence-electron chi connectivity index (χ0n) is 12.5. The number of unbranched alkanes of at least 4 members (excludes halogenated alkanes) is 5. The summed E-state index contributed by atoms with van der Waals surface area (Å²) in [5.41, 5.74) is 0. The van der Waals surface area contributed by atoms with Crippen LogP contribution in [0, 0.1) is 17.8 Å². The fourth-order valence-electron chi connectivity index (χ4n) is 2.90. The van der Waals surface area contributed by atoms with Crippen LogP contribution in [0.25, 0.3) is 0 Å². The Hall–Kier alpha value is -0.550. The zero-order valence-corrected chi connectivity index (χ0v) is 12.5. The minimum Gasteiger partial charge on any atom is -0.512 e. The number of piperidine rings is 1. The van der Waals surface area contributed by atoms with E-state index < -0.39 is 0 Å². The molecule has 0 bridgehead atoms. The summed E-state index contributed by atoms with van der Waals surface area (Å²) in [6.45, 7) is 13.7. The Bertz CT molecular complexity index is 181. The average Bonchev–Trinajstić information content (AvgIpc) is 2.45. The van der Waals surface area contributed by atoms with Gasteiger partial charge >= 0.3 is 0 Å². The van der Waals surface area contributed by atoms with Crippen molar-refractivity contribution in [2.24, 2.45) is 5.92 Å². The molecule has 0 amide bonds. The van der Waals surface area contributed by atoms with Gasteiger partial charge in [0.05, 0.1) is 19.6 Å². The summed E-state index contributed by atoms with van der Waals surface area (Å²) in [7, 11) is 0. The fraction of sp³-hybridized carbons (Fsp3) is 0.938. The lowest BCUT2D eigenvalue weighted by Crippen LogP contribution is -3.13. The maximum atomic E-state index is 6.25. The summed E-state index contributed by atoms with van der Waals surface area (Å²) in [4.78, 5) is 1.89. The normalized spacial score (nSPS) is 23.1. The number of nitrogens with one attached hydrogen (secondary N) is 1. The highest BCUT2D eigenvalue weighted by Crippen LogP contribution is 2.12. The van der Waals surface area contributed by atoms with E-state index in [4.69, 9.17) is 11.8 Å². The first-order valence-corrected chi connectivity index (χ1v) is 7.92. The third-order valence-corrected chi connectivity index (χ3v) is 4.27. The highest BCUT2D eigenvalue weighted by atomic mass is 15.1. The Morgan fingerprint density at radius 3 is 2.06 bits per heavy atom. The number of hydrogen-bond acceptors (Lipinski definition) is 1. The predicted octanol–water partition coefficient (Wildman–Crippen LogP) is 3.15. The molecule has 0 aromatic carbocycles. The van der Waals surface area contributed by atoms with E-state index in [0.29, 0.717) is 0 Å². The molecule has 1 aliphatic rings. The second kappa shape index (κ2) is 12.9. The Kier molecular flexibility index (Phi) is 12.5. The van der Waals surface area contributed by atoms with Crippen LogP contribution in [0.5, 0.6) is 0 Å². The van der Waals surface area contributed by atoms with E-state index in [1.165, 1.54) is 77.4 Å². The average molecular weight is 252 g/mol. The number of nitrogens with zero attached hydrogens (tertiary/aromatic N) is 1. The van der Waals surface area contributed by atoms with Gasteiger partial charge in [0.15, 0.2) is 0 Å². The van der Waals surface area contributed by atoms with Crippen LogP contribution in [0.15, 0.2) is 0 Å². The van der Waals surface area contributed by atoms with Gasteiger partial charge < -0.3 is 16.7 Å². The zero-order chi connectivity index (χ0) is 13.6. The van der Waals surface area contributed by atoms with Gasteiger partial charge in [0.1, 0.15) is 0 Å². The van der Waals surface area contributed by atoms with Gasteiger partial charge in [-0.15, -0.1) is 0 Å². The van der Waals surface area contributed by atoms with Gasteiger partial charge in [0.2, 0.25) is 0 Å². The number of likely N-dealkylation sites (tertiary alicyclic amines) is 1. The van der Waals surface area contributed by atoms with Gasteiger partial charge in [-0.05, 0) is 31.6 Å². The molecule has 0 aromatic rings. The SMILES string of the molecule is CCCCCCCC[NH+]1CCC(CC)CC1.[C-]#N. The molecule has 1 fully saturated rings. The molecule has 0 saturated carbocycles. The number of rotatable bonds is 8. The number of hydrogen-bond donors (Lipinski definition) is 1. The van der Waals surface area contributed by atoms with Crippen LogP contribution in [0.1, 0.15) is 71.6 Å². The molecular weight excluding hydrogens is 220 g/mol. The smallest absolute Gasteiger partial charge is 0.0773 e. The first-order valence-electron chi connectivity index (χ1n) is 7.92. The molecule has 0 aliphatic carbocycles. The monoisotopic (exact) mass is 252 g/mol. The maximum Gasteiger partial charge on any atom is 0.0773 e. The van der Waals surface area contributed by atoms with Gasteiger partial charge in [-0.25, -0.2) is 0 Å². The van der Waals surface area contributed by atoms with Crippen molar-refractivity contribution >= 4 is 0 Å². The first-order chi connectivity index (χ1) is 8.86. The van der Waals surface area contributed by atoms with E-state index >= 15 is 0 Å². The molecule has 1 aliphatic heterocycles. The van der Waals surface area contributed by atoms with Crippen molar-refractivity contribution in [3.63, 3.8) is 0 Å². The summed E-state index contributed by atoms with van der Waals surface area (Å²) < 4.78 is 0. The Morgan fingerprint density at radius 1 is 0.944 bits per heavy atom. The lowest BCUT2D eigenvalue weighted by Gasteiger charge is -2.28. The van der Waals surface area contributed by atoms with Gasteiger partial charge in [-0.3, -0.25) is 0 Å². The first kappa shape index (κ1) is 17.4. The van der Waals surface area contributed by atoms with Crippen molar-refractivity contribution in [2.45, 2.75) is 71.6 Å². The lowest BCUT2D eigenvalue weighted by molar-refractivity contribution is -0.906. The van der Waals surface area contributed by atoms with Crippen LogP contribution in [0.3, 0.4) is 0 Å². The molecule has 0 atom stereocenters. The van der Waals surface area contributed by atoms with Crippen LogP contribution < -0.4 is 4.90 Å². The Balaban J connectivity index is 0.00000137. The molecule has 0 unspecified atom stereocenters. The number of quaternary nitrogens is 1. The van der Waals surface area contributed by atoms with Crippen LogP contribution in [0.4, 0.5) is 0 Å². The van der Waals surface area contributed by atoms with Crippen LogP contribution >= 0.6 is 0 Å².